The van der Waals surface area contributed by atoms with Crippen LogP contribution >= 0.6 is 0 Å². The van der Waals surface area contributed by atoms with Crippen LogP contribution in [0.15, 0.2) is 29.9 Å². The maximum atomic E-state index is 13.3. The fourth-order valence-electron chi connectivity index (χ4n) is 5.11. The predicted molar refractivity (Wildman–Crippen MR) is 115 cm³/mol. The van der Waals surface area contributed by atoms with Crippen LogP contribution in [-0.4, -0.2) is 84.8 Å². The molecule has 3 aliphatic rings. The number of carbonyl (C=O) groups is 2. The number of aryl methyl sites for hydroxylation is 1. The topological polar surface area (TPSA) is 127 Å². The van der Waals surface area contributed by atoms with E-state index in [1.54, 1.807) is 18.0 Å². The van der Waals surface area contributed by atoms with Crippen molar-refractivity contribution in [3.8, 4) is 5.69 Å². The molecule has 3 aliphatic heterocycles. The summed E-state index contributed by atoms with van der Waals surface area (Å²) in [7, 11) is 0. The number of cyclic esters (lactones) is 1. The number of tetrazole rings is 1. The van der Waals surface area contributed by atoms with Crippen LogP contribution < -0.4 is 0 Å². The molecule has 33 heavy (non-hydrogen) atoms. The van der Waals surface area contributed by atoms with Gasteiger partial charge in [-0.2, -0.15) is 4.68 Å². The molecule has 2 aromatic heterocycles. The molecule has 2 aromatic rings. The van der Waals surface area contributed by atoms with Gasteiger partial charge < -0.3 is 19.6 Å². The van der Waals surface area contributed by atoms with Gasteiger partial charge in [0.1, 0.15) is 19.0 Å². The first kappa shape index (κ1) is 21.7. The number of esters is 1. The molecule has 0 aromatic carbocycles. The minimum absolute atomic E-state index is 0.103. The van der Waals surface area contributed by atoms with Gasteiger partial charge in [-0.25, -0.2) is 4.79 Å². The molecule has 5 rings (SSSR count). The van der Waals surface area contributed by atoms with Gasteiger partial charge in [0.2, 0.25) is 5.91 Å². The third-order valence-corrected chi connectivity index (χ3v) is 7.20. The van der Waals surface area contributed by atoms with E-state index in [0.717, 1.165) is 43.6 Å². The molecule has 0 aliphatic carbocycles. The Morgan fingerprint density at radius 2 is 1.94 bits per heavy atom. The maximum Gasteiger partial charge on any atom is 0.336 e. The molecule has 0 saturated carbocycles. The van der Waals surface area contributed by atoms with Crippen molar-refractivity contribution < 1.29 is 19.4 Å². The predicted octanol–water partition coefficient (Wildman–Crippen LogP) is 0.544. The van der Waals surface area contributed by atoms with Gasteiger partial charge >= 0.3 is 5.97 Å². The summed E-state index contributed by atoms with van der Waals surface area (Å²) in [6.07, 6.45) is 4.67. The van der Waals surface area contributed by atoms with Crippen LogP contribution in [0.4, 0.5) is 0 Å². The monoisotopic (exact) mass is 453 g/mol. The number of likely N-dealkylation sites (tertiary alicyclic amines) is 2. The Morgan fingerprint density at radius 1 is 1.18 bits per heavy atom. The number of hydrogen-bond donors (Lipinski definition) is 1. The molecule has 1 spiro atoms. The van der Waals surface area contributed by atoms with Crippen molar-refractivity contribution in [2.75, 3.05) is 32.8 Å². The van der Waals surface area contributed by atoms with Crippen LogP contribution in [0.2, 0.25) is 0 Å². The van der Waals surface area contributed by atoms with Crippen molar-refractivity contribution in [1.29, 1.82) is 0 Å². The second-order valence-corrected chi connectivity index (χ2v) is 9.10. The lowest BCUT2D eigenvalue weighted by Crippen LogP contribution is -2.45. The summed E-state index contributed by atoms with van der Waals surface area (Å²) >= 11 is 0. The van der Waals surface area contributed by atoms with Gasteiger partial charge in [0, 0.05) is 13.1 Å². The number of rotatable bonds is 5. The molecular weight excluding hydrogens is 426 g/mol. The molecule has 0 unspecified atom stereocenters. The van der Waals surface area contributed by atoms with Crippen LogP contribution in [0.1, 0.15) is 43.5 Å². The number of nitrogens with zero attached hydrogens (tertiary/aromatic N) is 7. The van der Waals surface area contributed by atoms with E-state index >= 15 is 0 Å². The van der Waals surface area contributed by atoms with Gasteiger partial charge in [-0.15, -0.1) is 5.10 Å². The highest BCUT2D eigenvalue weighted by atomic mass is 16.5. The standard InChI is InChI=1S/C22H27N7O4/c1-14-9-16(29-13-24-25-26-29)10-23-19(14)18(30)11-27-6-3-22(4-7-27)5-8-28(21(22)32)17-12-33-20(31)15(17)2/h9-10,13,18,30H,3-8,11-12H2,1-2H3/t18-/m0/s1. The van der Waals surface area contributed by atoms with E-state index in [9.17, 15) is 14.7 Å². The van der Waals surface area contributed by atoms with Crippen LogP contribution in [0, 0.1) is 12.3 Å². The molecule has 1 amide bonds. The second-order valence-electron chi connectivity index (χ2n) is 9.10. The van der Waals surface area contributed by atoms with Gasteiger partial charge in [0.05, 0.1) is 34.3 Å². The van der Waals surface area contributed by atoms with Gasteiger partial charge in [-0.05, 0) is 68.3 Å². The summed E-state index contributed by atoms with van der Waals surface area (Å²) in [4.78, 5) is 33.4. The highest BCUT2D eigenvalue weighted by molar-refractivity contribution is 5.94. The number of amides is 1. The van der Waals surface area contributed by atoms with E-state index in [1.165, 1.54) is 11.0 Å². The Kier molecular flexibility index (Phi) is 5.45. The molecule has 1 N–H and O–H groups in total. The number of β-amino-alcohol motifs (C(OH)–C–C–N with tert-alkyl or cyclic N) is 1. The number of carbonyl (C=O) groups excluding carboxylic acids is 2. The SMILES string of the molecule is CC1=C(N2CCC3(CCN(C[C@H](O)c4ncc(-n5cnnn5)cc4C)CC3)C2=O)COC1=O. The highest BCUT2D eigenvalue weighted by Crippen LogP contribution is 2.43. The summed E-state index contributed by atoms with van der Waals surface area (Å²) in [6.45, 7) is 6.35. The van der Waals surface area contributed by atoms with E-state index in [1.807, 2.05) is 13.0 Å². The van der Waals surface area contributed by atoms with E-state index in [0.29, 0.717) is 30.1 Å². The normalized spacial score (nSPS) is 21.8. The van der Waals surface area contributed by atoms with Crippen molar-refractivity contribution in [1.82, 2.24) is 35.0 Å². The Hall–Kier alpha value is -3.18. The van der Waals surface area contributed by atoms with E-state index in [2.05, 4.69) is 25.4 Å². The summed E-state index contributed by atoms with van der Waals surface area (Å²) < 4.78 is 6.62. The van der Waals surface area contributed by atoms with E-state index in [-0.39, 0.29) is 23.9 Å². The lowest BCUT2D eigenvalue weighted by Gasteiger charge is -2.38. The number of aliphatic hydroxyl groups excluding tert-OH is 1. The Labute approximate surface area is 191 Å². The molecule has 1 atom stereocenters. The average Bonchev–Trinajstić information content (AvgIpc) is 3.53. The van der Waals surface area contributed by atoms with E-state index in [4.69, 9.17) is 4.74 Å². The zero-order chi connectivity index (χ0) is 23.2. The molecule has 2 fully saturated rings. The summed E-state index contributed by atoms with van der Waals surface area (Å²) in [5.41, 5.74) is 3.09. The fourth-order valence-corrected chi connectivity index (χ4v) is 5.11. The minimum atomic E-state index is -0.729. The number of hydrogen-bond acceptors (Lipinski definition) is 9. The van der Waals surface area contributed by atoms with Crippen molar-refractivity contribution in [3.05, 3.63) is 41.1 Å². The first-order valence-corrected chi connectivity index (χ1v) is 11.2. The zero-order valence-electron chi connectivity index (χ0n) is 18.8. The van der Waals surface area contributed by atoms with Crippen LogP contribution in [0.25, 0.3) is 5.69 Å². The molecular formula is C22H27N7O4. The average molecular weight is 454 g/mol. The zero-order valence-corrected chi connectivity index (χ0v) is 18.8. The van der Waals surface area contributed by atoms with Gasteiger partial charge in [0.15, 0.2) is 0 Å². The smallest absolute Gasteiger partial charge is 0.336 e. The van der Waals surface area contributed by atoms with Gasteiger partial charge in [-0.1, -0.05) is 0 Å². The Morgan fingerprint density at radius 3 is 2.58 bits per heavy atom. The quantitative estimate of drug-likeness (QED) is 0.646. The third-order valence-electron chi connectivity index (χ3n) is 7.20. The molecule has 174 valence electrons. The first-order chi connectivity index (χ1) is 15.9. The van der Waals surface area contributed by atoms with Crippen molar-refractivity contribution in [2.24, 2.45) is 5.41 Å². The summed E-state index contributed by atoms with van der Waals surface area (Å²) in [5, 5.41) is 22.0. The molecule has 0 bridgehead atoms. The van der Waals surface area contributed by atoms with Gasteiger partial charge in [0.25, 0.3) is 0 Å². The summed E-state index contributed by atoms with van der Waals surface area (Å²) in [5.74, 6) is -0.233. The van der Waals surface area contributed by atoms with E-state index < -0.39 is 6.10 Å². The minimum Gasteiger partial charge on any atom is -0.456 e. The van der Waals surface area contributed by atoms with Crippen molar-refractivity contribution in [3.63, 3.8) is 0 Å². The largest absolute Gasteiger partial charge is 0.456 e. The molecule has 11 heteroatoms. The molecule has 5 heterocycles. The van der Waals surface area contributed by atoms with Crippen molar-refractivity contribution in [2.45, 2.75) is 39.2 Å². The summed E-state index contributed by atoms with van der Waals surface area (Å²) in [6, 6.07) is 1.90. The number of aliphatic hydroxyl groups is 1. The van der Waals surface area contributed by atoms with Crippen molar-refractivity contribution >= 4 is 11.9 Å². The Balaban J connectivity index is 1.21. The lowest BCUT2D eigenvalue weighted by atomic mass is 9.77. The first-order valence-electron chi connectivity index (χ1n) is 11.2. The number of pyridine rings is 1. The molecule has 11 nitrogen and oxygen atoms in total. The van der Waals surface area contributed by atoms with Crippen LogP contribution in [0.3, 0.4) is 0 Å². The maximum absolute atomic E-state index is 13.3. The Bertz CT molecular complexity index is 1110. The lowest BCUT2D eigenvalue weighted by molar-refractivity contribution is -0.138. The fraction of sp³-hybridized carbons (Fsp3) is 0.545. The number of piperidine rings is 1. The highest BCUT2D eigenvalue weighted by Gasteiger charge is 2.50. The second kappa shape index (κ2) is 8.31. The number of aromatic nitrogens is 5. The third kappa shape index (κ3) is 3.80. The molecule has 2 saturated heterocycles. The number of ether oxygens (including phenoxy) is 1. The molecule has 0 radical (unpaired) electrons. The van der Waals surface area contributed by atoms with Gasteiger partial charge in [-0.3, -0.25) is 9.78 Å². The van der Waals surface area contributed by atoms with Crippen LogP contribution in [-0.2, 0) is 14.3 Å². The van der Waals surface area contributed by atoms with Crippen LogP contribution in [0.5, 0.6) is 0 Å².